The van der Waals surface area contributed by atoms with Crippen molar-refractivity contribution in [2.45, 2.75) is 19.9 Å². The molecule has 0 amide bonds. The van der Waals surface area contributed by atoms with Crippen LogP contribution in [0.5, 0.6) is 0 Å². The Hall–Kier alpha value is -1.65. The number of hydrogen-bond donors (Lipinski definition) is 1. The Morgan fingerprint density at radius 3 is 2.55 bits per heavy atom. The summed E-state index contributed by atoms with van der Waals surface area (Å²) in [4.78, 5) is 2.40. The minimum absolute atomic E-state index is 0.689. The molecule has 0 unspecified atom stereocenters. The van der Waals surface area contributed by atoms with Crippen LogP contribution in [0.25, 0.3) is 0 Å². The van der Waals surface area contributed by atoms with E-state index < -0.39 is 0 Å². The molecule has 1 heterocycles. The molecular formula is C16H24N4. The average Bonchev–Trinajstić information content (AvgIpc) is 2.78. The highest BCUT2D eigenvalue weighted by Gasteiger charge is 2.10. The normalized spacial score (nSPS) is 11.2. The molecule has 0 saturated carbocycles. The van der Waals surface area contributed by atoms with Crippen LogP contribution in [0.15, 0.2) is 36.5 Å². The SMILES string of the molecule is Cc1c(CN(CCN)CCc2ccccc2)cnn1C. The second kappa shape index (κ2) is 7.22. The van der Waals surface area contributed by atoms with Gasteiger partial charge in [-0.1, -0.05) is 30.3 Å². The first-order valence-electron chi connectivity index (χ1n) is 7.14. The van der Waals surface area contributed by atoms with E-state index in [0.717, 1.165) is 26.1 Å². The van der Waals surface area contributed by atoms with E-state index in [4.69, 9.17) is 5.73 Å². The van der Waals surface area contributed by atoms with Crippen LogP contribution < -0.4 is 5.73 Å². The maximum absolute atomic E-state index is 5.73. The van der Waals surface area contributed by atoms with Gasteiger partial charge in [0.25, 0.3) is 0 Å². The van der Waals surface area contributed by atoms with E-state index in [0.29, 0.717) is 6.54 Å². The first kappa shape index (κ1) is 14.8. The van der Waals surface area contributed by atoms with Gasteiger partial charge in [-0.25, -0.2) is 0 Å². The molecule has 0 fully saturated rings. The summed E-state index contributed by atoms with van der Waals surface area (Å²) in [7, 11) is 1.98. The van der Waals surface area contributed by atoms with Gasteiger partial charge in [0.05, 0.1) is 6.20 Å². The minimum Gasteiger partial charge on any atom is -0.329 e. The smallest absolute Gasteiger partial charge is 0.0537 e. The maximum Gasteiger partial charge on any atom is 0.0537 e. The number of aromatic nitrogens is 2. The van der Waals surface area contributed by atoms with Crippen molar-refractivity contribution >= 4 is 0 Å². The third-order valence-electron chi connectivity index (χ3n) is 3.74. The second-order valence-corrected chi connectivity index (χ2v) is 5.18. The summed E-state index contributed by atoms with van der Waals surface area (Å²) in [5.41, 5.74) is 9.62. The van der Waals surface area contributed by atoms with Crippen molar-refractivity contribution in [1.29, 1.82) is 0 Å². The van der Waals surface area contributed by atoms with Gasteiger partial charge in [-0.15, -0.1) is 0 Å². The summed E-state index contributed by atoms with van der Waals surface area (Å²) in [5.74, 6) is 0. The lowest BCUT2D eigenvalue weighted by Gasteiger charge is -2.21. The van der Waals surface area contributed by atoms with Crippen LogP contribution in [0.3, 0.4) is 0 Å². The largest absolute Gasteiger partial charge is 0.329 e. The lowest BCUT2D eigenvalue weighted by molar-refractivity contribution is 0.276. The predicted molar refractivity (Wildman–Crippen MR) is 82.4 cm³/mol. The first-order chi connectivity index (χ1) is 9.70. The fourth-order valence-electron chi connectivity index (χ4n) is 2.32. The molecule has 0 aliphatic carbocycles. The van der Waals surface area contributed by atoms with E-state index in [1.54, 1.807) is 0 Å². The van der Waals surface area contributed by atoms with Gasteiger partial charge in [0, 0.05) is 44.5 Å². The molecule has 20 heavy (non-hydrogen) atoms. The van der Waals surface area contributed by atoms with Crippen molar-refractivity contribution in [3.05, 3.63) is 53.3 Å². The zero-order valence-corrected chi connectivity index (χ0v) is 12.4. The Morgan fingerprint density at radius 1 is 1.20 bits per heavy atom. The summed E-state index contributed by atoms with van der Waals surface area (Å²) in [6, 6.07) is 10.6. The molecular weight excluding hydrogens is 248 g/mol. The predicted octanol–water partition coefficient (Wildman–Crippen LogP) is 1.73. The molecule has 0 spiro atoms. The van der Waals surface area contributed by atoms with E-state index in [1.165, 1.54) is 16.8 Å². The number of rotatable bonds is 7. The van der Waals surface area contributed by atoms with Crippen molar-refractivity contribution in [2.75, 3.05) is 19.6 Å². The van der Waals surface area contributed by atoms with Gasteiger partial charge in [0.1, 0.15) is 0 Å². The van der Waals surface area contributed by atoms with Crippen molar-refractivity contribution in [2.24, 2.45) is 12.8 Å². The molecule has 1 aromatic carbocycles. The lowest BCUT2D eigenvalue weighted by Crippen LogP contribution is -2.31. The average molecular weight is 272 g/mol. The Labute approximate surface area is 121 Å². The molecule has 2 aromatic rings. The second-order valence-electron chi connectivity index (χ2n) is 5.18. The van der Waals surface area contributed by atoms with E-state index in [9.17, 15) is 0 Å². The molecule has 0 atom stereocenters. The number of hydrogen-bond acceptors (Lipinski definition) is 3. The van der Waals surface area contributed by atoms with Crippen LogP contribution in [0, 0.1) is 6.92 Å². The summed E-state index contributed by atoms with van der Waals surface area (Å²) in [6.07, 6.45) is 3.02. The quantitative estimate of drug-likeness (QED) is 0.835. The highest BCUT2D eigenvalue weighted by molar-refractivity contribution is 5.17. The number of aryl methyl sites for hydroxylation is 1. The maximum atomic E-state index is 5.73. The standard InChI is InChI=1S/C16H24N4/c1-14-16(12-18-19(14)2)13-20(11-9-17)10-8-15-6-4-3-5-7-15/h3-7,12H,8-11,13,17H2,1-2H3. The van der Waals surface area contributed by atoms with Gasteiger partial charge in [-0.05, 0) is 18.9 Å². The van der Waals surface area contributed by atoms with Gasteiger partial charge >= 0.3 is 0 Å². The molecule has 0 aliphatic rings. The molecule has 0 aliphatic heterocycles. The van der Waals surface area contributed by atoms with Gasteiger partial charge in [0.15, 0.2) is 0 Å². The molecule has 2 N–H and O–H groups in total. The number of benzene rings is 1. The minimum atomic E-state index is 0.689. The van der Waals surface area contributed by atoms with Crippen LogP contribution >= 0.6 is 0 Å². The molecule has 1 aromatic heterocycles. The summed E-state index contributed by atoms with van der Waals surface area (Å²) >= 11 is 0. The molecule has 0 bridgehead atoms. The summed E-state index contributed by atoms with van der Waals surface area (Å²) < 4.78 is 1.92. The number of nitrogens with two attached hydrogens (primary N) is 1. The molecule has 4 nitrogen and oxygen atoms in total. The molecule has 2 rings (SSSR count). The zero-order chi connectivity index (χ0) is 14.4. The fourth-order valence-corrected chi connectivity index (χ4v) is 2.32. The van der Waals surface area contributed by atoms with E-state index in [1.807, 2.05) is 17.9 Å². The van der Waals surface area contributed by atoms with E-state index in [2.05, 4.69) is 47.3 Å². The van der Waals surface area contributed by atoms with Crippen molar-refractivity contribution < 1.29 is 0 Å². The van der Waals surface area contributed by atoms with Gasteiger partial charge < -0.3 is 5.73 Å². The lowest BCUT2D eigenvalue weighted by atomic mass is 10.1. The first-order valence-corrected chi connectivity index (χ1v) is 7.14. The third kappa shape index (κ3) is 3.92. The molecule has 0 radical (unpaired) electrons. The van der Waals surface area contributed by atoms with Crippen molar-refractivity contribution in [1.82, 2.24) is 14.7 Å². The Kier molecular flexibility index (Phi) is 5.32. The Balaban J connectivity index is 1.95. The van der Waals surface area contributed by atoms with E-state index in [-0.39, 0.29) is 0 Å². The summed E-state index contributed by atoms with van der Waals surface area (Å²) in [6.45, 7) is 5.66. The van der Waals surface area contributed by atoms with Gasteiger partial charge in [-0.3, -0.25) is 9.58 Å². The topological polar surface area (TPSA) is 47.1 Å². The van der Waals surface area contributed by atoms with Gasteiger partial charge in [-0.2, -0.15) is 5.10 Å². The highest BCUT2D eigenvalue weighted by Crippen LogP contribution is 2.10. The zero-order valence-electron chi connectivity index (χ0n) is 12.4. The Bertz CT molecular complexity index is 519. The molecule has 108 valence electrons. The van der Waals surface area contributed by atoms with E-state index >= 15 is 0 Å². The highest BCUT2D eigenvalue weighted by atomic mass is 15.3. The Morgan fingerprint density at radius 2 is 1.95 bits per heavy atom. The van der Waals surface area contributed by atoms with Crippen molar-refractivity contribution in [3.63, 3.8) is 0 Å². The number of nitrogens with zero attached hydrogens (tertiary/aromatic N) is 3. The van der Waals surface area contributed by atoms with Crippen molar-refractivity contribution in [3.8, 4) is 0 Å². The van der Waals surface area contributed by atoms with Crippen LogP contribution in [-0.2, 0) is 20.0 Å². The summed E-state index contributed by atoms with van der Waals surface area (Å²) in [5, 5.41) is 4.31. The van der Waals surface area contributed by atoms with Crippen LogP contribution in [0.1, 0.15) is 16.8 Å². The van der Waals surface area contributed by atoms with Crippen LogP contribution in [0.2, 0.25) is 0 Å². The molecule has 0 saturated heterocycles. The van der Waals surface area contributed by atoms with Crippen LogP contribution in [0.4, 0.5) is 0 Å². The van der Waals surface area contributed by atoms with Crippen LogP contribution in [-0.4, -0.2) is 34.3 Å². The third-order valence-corrected chi connectivity index (χ3v) is 3.74. The molecule has 4 heteroatoms. The van der Waals surface area contributed by atoms with Gasteiger partial charge in [0.2, 0.25) is 0 Å². The fraction of sp³-hybridized carbons (Fsp3) is 0.438. The monoisotopic (exact) mass is 272 g/mol.